The van der Waals surface area contributed by atoms with E-state index in [0.29, 0.717) is 0 Å². The molecule has 0 amide bonds. The van der Waals surface area contributed by atoms with Crippen LogP contribution in [0.4, 0.5) is 0 Å². The Morgan fingerprint density at radius 1 is 0.870 bits per heavy atom. The number of aryl methyl sites for hydroxylation is 1. The van der Waals surface area contributed by atoms with Crippen LogP contribution in [0.25, 0.3) is 0 Å². The summed E-state index contributed by atoms with van der Waals surface area (Å²) in [6.45, 7) is 6.23. The predicted octanol–water partition coefficient (Wildman–Crippen LogP) is 5.39. The molecule has 124 valence electrons. The molecule has 0 saturated carbocycles. The van der Waals surface area contributed by atoms with Gasteiger partial charge in [0.15, 0.2) is 11.5 Å². The summed E-state index contributed by atoms with van der Waals surface area (Å²) in [6.07, 6.45) is 2.86. The number of rotatable bonds is 5. The van der Waals surface area contributed by atoms with Gasteiger partial charge < -0.3 is 14.2 Å². The van der Waals surface area contributed by atoms with E-state index < -0.39 is 0 Å². The Balaban J connectivity index is 0.000000238. The van der Waals surface area contributed by atoms with Gasteiger partial charge >= 0.3 is 0 Å². The largest absolute Gasteiger partial charge is 0.493 e. The van der Waals surface area contributed by atoms with Crippen molar-refractivity contribution in [3.63, 3.8) is 0 Å². The quantitative estimate of drug-likeness (QED) is 0.692. The maximum absolute atomic E-state index is 5.53. The molecule has 0 aromatic heterocycles. The first kappa shape index (κ1) is 18.6. The zero-order valence-corrected chi connectivity index (χ0v) is 14.6. The van der Waals surface area contributed by atoms with Crippen LogP contribution < -0.4 is 14.2 Å². The summed E-state index contributed by atoms with van der Waals surface area (Å²) in [4.78, 5) is 0. The van der Waals surface area contributed by atoms with Gasteiger partial charge in [0.1, 0.15) is 5.75 Å². The van der Waals surface area contributed by atoms with Gasteiger partial charge in [-0.05, 0) is 49.6 Å². The Labute approximate surface area is 139 Å². The van der Waals surface area contributed by atoms with Gasteiger partial charge in [-0.2, -0.15) is 0 Å². The van der Waals surface area contributed by atoms with Crippen LogP contribution >= 0.6 is 0 Å². The number of allylic oxidation sites excluding steroid dienone is 1. The van der Waals surface area contributed by atoms with Crippen molar-refractivity contribution in [3.8, 4) is 17.2 Å². The van der Waals surface area contributed by atoms with E-state index in [2.05, 4.69) is 13.8 Å². The SMILES string of the molecule is CCC(C)=COc1ccccc1C.COc1ccccc1OC. The highest BCUT2D eigenvalue weighted by molar-refractivity contribution is 5.39. The highest BCUT2D eigenvalue weighted by atomic mass is 16.5. The van der Waals surface area contributed by atoms with Crippen LogP contribution in [0.3, 0.4) is 0 Å². The van der Waals surface area contributed by atoms with Crippen LogP contribution in [-0.4, -0.2) is 14.2 Å². The highest BCUT2D eigenvalue weighted by Gasteiger charge is 1.97. The molecule has 0 radical (unpaired) electrons. The molecule has 2 aromatic rings. The Morgan fingerprint density at radius 2 is 1.35 bits per heavy atom. The first-order valence-corrected chi connectivity index (χ1v) is 7.67. The zero-order chi connectivity index (χ0) is 17.1. The molecule has 3 nitrogen and oxygen atoms in total. The molecule has 0 unspecified atom stereocenters. The third-order valence-corrected chi connectivity index (χ3v) is 3.33. The van der Waals surface area contributed by atoms with Crippen LogP contribution in [0.1, 0.15) is 25.8 Å². The molecule has 0 spiro atoms. The van der Waals surface area contributed by atoms with Gasteiger partial charge in [0.05, 0.1) is 20.5 Å². The number of benzene rings is 2. The second-order valence-corrected chi connectivity index (χ2v) is 5.06. The van der Waals surface area contributed by atoms with Crippen molar-refractivity contribution in [1.82, 2.24) is 0 Å². The lowest BCUT2D eigenvalue weighted by Gasteiger charge is -2.04. The van der Waals surface area contributed by atoms with Gasteiger partial charge in [-0.3, -0.25) is 0 Å². The van der Waals surface area contributed by atoms with Gasteiger partial charge in [-0.1, -0.05) is 37.3 Å². The lowest BCUT2D eigenvalue weighted by atomic mass is 10.2. The van der Waals surface area contributed by atoms with Crippen molar-refractivity contribution in [2.45, 2.75) is 27.2 Å². The molecule has 0 aliphatic rings. The van der Waals surface area contributed by atoms with E-state index in [4.69, 9.17) is 14.2 Å². The molecule has 0 fully saturated rings. The molecule has 2 rings (SSSR count). The monoisotopic (exact) mass is 314 g/mol. The number of methoxy groups -OCH3 is 2. The van der Waals surface area contributed by atoms with Crippen molar-refractivity contribution in [3.05, 3.63) is 65.9 Å². The minimum Gasteiger partial charge on any atom is -0.493 e. The van der Waals surface area contributed by atoms with Crippen LogP contribution in [0.15, 0.2) is 60.4 Å². The summed E-state index contributed by atoms with van der Waals surface area (Å²) in [5, 5.41) is 0. The van der Waals surface area contributed by atoms with Crippen LogP contribution in [0.2, 0.25) is 0 Å². The Morgan fingerprint density at radius 3 is 1.78 bits per heavy atom. The number of ether oxygens (including phenoxy) is 3. The normalized spacial score (nSPS) is 10.4. The fourth-order valence-electron chi connectivity index (χ4n) is 1.72. The van der Waals surface area contributed by atoms with Crippen LogP contribution in [0, 0.1) is 6.92 Å². The summed E-state index contributed by atoms with van der Waals surface area (Å²) in [5.41, 5.74) is 2.42. The molecular formula is C20H26O3. The Hall–Kier alpha value is -2.42. The van der Waals surface area contributed by atoms with Gasteiger partial charge in [0.2, 0.25) is 0 Å². The molecule has 0 saturated heterocycles. The smallest absolute Gasteiger partial charge is 0.160 e. The summed E-state index contributed by atoms with van der Waals surface area (Å²) < 4.78 is 15.5. The Bertz CT molecular complexity index is 595. The summed E-state index contributed by atoms with van der Waals surface area (Å²) in [7, 11) is 3.25. The van der Waals surface area contributed by atoms with Gasteiger partial charge in [-0.15, -0.1) is 0 Å². The number of hydrogen-bond acceptors (Lipinski definition) is 3. The molecule has 0 N–H and O–H groups in total. The molecule has 0 heterocycles. The topological polar surface area (TPSA) is 27.7 Å². The molecular weight excluding hydrogens is 288 g/mol. The summed E-state index contributed by atoms with van der Waals surface area (Å²) in [5.74, 6) is 2.48. The highest BCUT2D eigenvalue weighted by Crippen LogP contribution is 2.24. The first-order valence-electron chi connectivity index (χ1n) is 7.67. The average molecular weight is 314 g/mol. The molecule has 0 bridgehead atoms. The molecule has 23 heavy (non-hydrogen) atoms. The second kappa shape index (κ2) is 10.3. The molecule has 0 aliphatic carbocycles. The van der Waals surface area contributed by atoms with E-state index in [0.717, 1.165) is 23.7 Å². The lowest BCUT2D eigenvalue weighted by Crippen LogP contribution is -1.88. The predicted molar refractivity (Wildman–Crippen MR) is 95.4 cm³/mol. The maximum Gasteiger partial charge on any atom is 0.160 e. The van der Waals surface area contributed by atoms with E-state index >= 15 is 0 Å². The van der Waals surface area contributed by atoms with Crippen molar-refractivity contribution in [1.29, 1.82) is 0 Å². The van der Waals surface area contributed by atoms with Crippen molar-refractivity contribution < 1.29 is 14.2 Å². The van der Waals surface area contributed by atoms with Gasteiger partial charge in [-0.25, -0.2) is 0 Å². The third-order valence-electron chi connectivity index (χ3n) is 3.33. The average Bonchev–Trinajstić information content (AvgIpc) is 2.61. The van der Waals surface area contributed by atoms with Gasteiger partial charge in [0, 0.05) is 0 Å². The summed E-state index contributed by atoms with van der Waals surface area (Å²) in [6, 6.07) is 15.6. The second-order valence-electron chi connectivity index (χ2n) is 5.06. The zero-order valence-electron chi connectivity index (χ0n) is 14.6. The lowest BCUT2D eigenvalue weighted by molar-refractivity contribution is 0.355. The molecule has 0 atom stereocenters. The standard InChI is InChI=1S/C12H16O.C8H10O2/c1-4-10(2)9-13-12-8-6-5-7-11(12)3;1-9-7-5-3-4-6-8(7)10-2/h5-9H,4H2,1-3H3;3-6H,1-2H3. The third kappa shape index (κ3) is 6.47. The Kier molecular flexibility index (Phi) is 8.37. The van der Waals surface area contributed by atoms with Crippen LogP contribution in [-0.2, 0) is 0 Å². The van der Waals surface area contributed by atoms with E-state index in [9.17, 15) is 0 Å². The molecule has 0 aliphatic heterocycles. The first-order chi connectivity index (χ1) is 11.1. The van der Waals surface area contributed by atoms with Crippen molar-refractivity contribution in [2.24, 2.45) is 0 Å². The van der Waals surface area contributed by atoms with E-state index in [-0.39, 0.29) is 0 Å². The molecule has 2 aromatic carbocycles. The minimum absolute atomic E-state index is 0.769. The fourth-order valence-corrected chi connectivity index (χ4v) is 1.72. The van der Waals surface area contributed by atoms with E-state index in [1.807, 2.05) is 61.7 Å². The van der Waals surface area contributed by atoms with Crippen LogP contribution in [0.5, 0.6) is 17.2 Å². The number of hydrogen-bond donors (Lipinski definition) is 0. The van der Waals surface area contributed by atoms with Crippen molar-refractivity contribution in [2.75, 3.05) is 14.2 Å². The van der Waals surface area contributed by atoms with Crippen molar-refractivity contribution >= 4 is 0 Å². The van der Waals surface area contributed by atoms with E-state index in [1.54, 1.807) is 14.2 Å². The molecule has 3 heteroatoms. The van der Waals surface area contributed by atoms with E-state index in [1.165, 1.54) is 11.1 Å². The van der Waals surface area contributed by atoms with Gasteiger partial charge in [0.25, 0.3) is 0 Å². The number of para-hydroxylation sites is 3. The summed E-state index contributed by atoms with van der Waals surface area (Å²) >= 11 is 0. The maximum atomic E-state index is 5.53. The minimum atomic E-state index is 0.769. The fraction of sp³-hybridized carbons (Fsp3) is 0.300.